The fraction of sp³-hybridized carbons (Fsp3) is 0.667. The van der Waals surface area contributed by atoms with E-state index in [4.69, 9.17) is 19.7 Å². The summed E-state index contributed by atoms with van der Waals surface area (Å²) in [5.74, 6) is 0.731. The van der Waals surface area contributed by atoms with Gasteiger partial charge in [0.2, 0.25) is 5.91 Å². The number of fused-ring (bicyclic) bond motifs is 1. The summed E-state index contributed by atoms with van der Waals surface area (Å²) in [4.78, 5) is 42.5. The topological polar surface area (TPSA) is 176 Å². The SMILES string of the molecule is [N-]=[N+]=Cc1ccnc(C(=O)NCCCOCCOCCOCCCNC(=O)CCCCC2SCC3NC(=O)NC32)c1. The Balaban J connectivity index is 1.03. The highest BCUT2D eigenvalue weighted by Gasteiger charge is 2.42. The minimum atomic E-state index is -0.299. The van der Waals surface area contributed by atoms with Crippen molar-refractivity contribution in [2.45, 2.75) is 55.9 Å². The Kier molecular flexibility index (Phi) is 15.2. The van der Waals surface area contributed by atoms with E-state index in [1.54, 1.807) is 6.07 Å². The third-order valence-electron chi connectivity index (χ3n) is 6.59. The lowest BCUT2D eigenvalue weighted by Crippen LogP contribution is -2.36. The summed E-state index contributed by atoms with van der Waals surface area (Å²) in [6.45, 7) is 3.97. The van der Waals surface area contributed by atoms with Gasteiger partial charge < -0.3 is 41.0 Å². The Morgan fingerprint density at radius 2 is 1.73 bits per heavy atom. The monoisotopic (exact) mass is 591 g/mol. The average Bonchev–Trinajstić information content (AvgIpc) is 3.52. The minimum Gasteiger partial charge on any atom is -0.379 e. The van der Waals surface area contributed by atoms with Crippen molar-refractivity contribution in [2.75, 3.05) is 58.5 Å². The zero-order valence-corrected chi connectivity index (χ0v) is 24.2. The first-order valence-electron chi connectivity index (χ1n) is 14.2. The molecule has 3 unspecified atom stereocenters. The molecule has 2 fully saturated rings. The summed E-state index contributed by atoms with van der Waals surface area (Å²) in [6.07, 6.45) is 7.49. The van der Waals surface area contributed by atoms with Gasteiger partial charge in [0.15, 0.2) is 0 Å². The van der Waals surface area contributed by atoms with Gasteiger partial charge in [-0.05, 0) is 37.8 Å². The molecule has 3 rings (SSSR count). The van der Waals surface area contributed by atoms with Gasteiger partial charge in [-0.2, -0.15) is 16.6 Å². The molecular weight excluding hydrogens is 550 g/mol. The fourth-order valence-electron chi connectivity index (χ4n) is 4.49. The number of hydrogen-bond acceptors (Lipinski definition) is 8. The van der Waals surface area contributed by atoms with Gasteiger partial charge in [-0.25, -0.2) is 4.79 Å². The number of rotatable bonds is 21. The first-order chi connectivity index (χ1) is 20.1. The van der Waals surface area contributed by atoms with E-state index in [0.717, 1.165) is 31.4 Å². The second-order valence-electron chi connectivity index (χ2n) is 9.74. The normalized spacial score (nSPS) is 19.1. The van der Waals surface area contributed by atoms with Crippen LogP contribution in [0.5, 0.6) is 0 Å². The molecule has 14 heteroatoms. The Morgan fingerprint density at radius 1 is 1.02 bits per heavy atom. The van der Waals surface area contributed by atoms with E-state index in [9.17, 15) is 14.4 Å². The Labute approximate surface area is 244 Å². The van der Waals surface area contributed by atoms with Crippen molar-refractivity contribution in [2.24, 2.45) is 0 Å². The number of ether oxygens (including phenoxy) is 3. The molecule has 0 bridgehead atoms. The van der Waals surface area contributed by atoms with E-state index in [1.807, 2.05) is 11.8 Å². The molecule has 41 heavy (non-hydrogen) atoms. The fourth-order valence-corrected chi connectivity index (χ4v) is 6.03. The predicted octanol–water partition coefficient (Wildman–Crippen LogP) is 1.13. The van der Waals surface area contributed by atoms with E-state index in [-0.39, 0.29) is 35.6 Å². The van der Waals surface area contributed by atoms with Crippen LogP contribution in [0.15, 0.2) is 18.3 Å². The maximum Gasteiger partial charge on any atom is 0.315 e. The number of thioether (sulfide) groups is 1. The smallest absolute Gasteiger partial charge is 0.315 e. The number of pyridine rings is 1. The largest absolute Gasteiger partial charge is 0.379 e. The van der Waals surface area contributed by atoms with Gasteiger partial charge in [-0.15, -0.1) is 0 Å². The van der Waals surface area contributed by atoms with Crippen LogP contribution in [0.1, 0.15) is 54.6 Å². The van der Waals surface area contributed by atoms with Crippen molar-refractivity contribution in [3.05, 3.63) is 35.1 Å². The van der Waals surface area contributed by atoms with Crippen LogP contribution in [-0.4, -0.2) is 110 Å². The molecule has 0 aromatic carbocycles. The molecule has 0 saturated carbocycles. The lowest BCUT2D eigenvalue weighted by Gasteiger charge is -2.16. The van der Waals surface area contributed by atoms with Gasteiger partial charge in [0.25, 0.3) is 12.1 Å². The van der Waals surface area contributed by atoms with E-state index in [0.29, 0.717) is 76.4 Å². The number of amides is 4. The average molecular weight is 592 g/mol. The van der Waals surface area contributed by atoms with E-state index in [2.05, 4.69) is 31.0 Å². The van der Waals surface area contributed by atoms with Crippen LogP contribution in [0.25, 0.3) is 5.53 Å². The molecule has 2 aliphatic heterocycles. The van der Waals surface area contributed by atoms with E-state index >= 15 is 0 Å². The van der Waals surface area contributed by atoms with Crippen molar-refractivity contribution >= 4 is 35.8 Å². The van der Waals surface area contributed by atoms with Crippen LogP contribution in [-0.2, 0) is 19.0 Å². The predicted molar refractivity (Wildman–Crippen MR) is 154 cm³/mol. The van der Waals surface area contributed by atoms with Gasteiger partial charge >= 0.3 is 6.03 Å². The van der Waals surface area contributed by atoms with Gasteiger partial charge in [0, 0.05) is 49.9 Å². The molecule has 0 aliphatic carbocycles. The molecule has 13 nitrogen and oxygen atoms in total. The van der Waals surface area contributed by atoms with Crippen molar-refractivity contribution < 1.29 is 33.4 Å². The first-order valence-corrected chi connectivity index (χ1v) is 15.2. The lowest BCUT2D eigenvalue weighted by atomic mass is 10.0. The van der Waals surface area contributed by atoms with Gasteiger partial charge in [-0.3, -0.25) is 14.6 Å². The van der Waals surface area contributed by atoms with Crippen LogP contribution in [0.2, 0.25) is 0 Å². The second-order valence-corrected chi connectivity index (χ2v) is 11.0. The van der Waals surface area contributed by atoms with E-state index < -0.39 is 0 Å². The quantitative estimate of drug-likeness (QED) is 0.0541. The highest BCUT2D eigenvalue weighted by Crippen LogP contribution is 2.33. The van der Waals surface area contributed by atoms with Crippen LogP contribution in [0.4, 0.5) is 4.79 Å². The molecule has 1 aromatic rings. The van der Waals surface area contributed by atoms with Crippen LogP contribution < -0.4 is 21.3 Å². The second kappa shape index (κ2) is 19.2. The number of nitrogens with one attached hydrogen (secondary N) is 4. The van der Waals surface area contributed by atoms with Crippen LogP contribution in [0, 0.1) is 0 Å². The first kappa shape index (κ1) is 32.5. The van der Waals surface area contributed by atoms with Crippen molar-refractivity contribution in [3.63, 3.8) is 0 Å². The molecule has 1 aromatic heterocycles. The molecule has 4 N–H and O–H groups in total. The van der Waals surface area contributed by atoms with E-state index in [1.165, 1.54) is 18.5 Å². The highest BCUT2D eigenvalue weighted by atomic mass is 32.2. The minimum absolute atomic E-state index is 0.0612. The van der Waals surface area contributed by atoms with Gasteiger partial charge in [0.1, 0.15) is 5.69 Å². The van der Waals surface area contributed by atoms with Gasteiger partial charge in [0.05, 0.1) is 44.1 Å². The molecule has 2 saturated heterocycles. The zero-order valence-electron chi connectivity index (χ0n) is 23.3. The number of hydrogen-bond donors (Lipinski definition) is 4. The summed E-state index contributed by atoms with van der Waals surface area (Å²) in [5.41, 5.74) is 9.41. The summed E-state index contributed by atoms with van der Waals surface area (Å²) >= 11 is 1.90. The molecule has 0 radical (unpaired) electrons. The number of nitrogens with zero attached hydrogens (tertiary/aromatic N) is 3. The lowest BCUT2D eigenvalue weighted by molar-refractivity contribution is -0.121. The number of carbonyl (C=O) groups excluding carboxylic acids is 3. The molecule has 3 atom stereocenters. The Bertz CT molecular complexity index is 1030. The van der Waals surface area contributed by atoms with Crippen LogP contribution in [0.3, 0.4) is 0 Å². The van der Waals surface area contributed by atoms with Crippen molar-refractivity contribution in [3.8, 4) is 0 Å². The third kappa shape index (κ3) is 12.6. The van der Waals surface area contributed by atoms with Crippen LogP contribution >= 0.6 is 11.8 Å². The molecule has 2 aliphatic rings. The number of unbranched alkanes of at least 4 members (excludes halogenated alkanes) is 1. The number of urea groups is 1. The maximum atomic E-state index is 12.1. The molecule has 4 amide bonds. The maximum absolute atomic E-state index is 12.1. The number of aromatic nitrogens is 1. The number of carbonyl (C=O) groups is 3. The third-order valence-corrected chi connectivity index (χ3v) is 8.10. The summed E-state index contributed by atoms with van der Waals surface area (Å²) in [5, 5.41) is 12.1. The molecule has 3 heterocycles. The molecular formula is C27H41N7O6S. The Hall–Kier alpha value is -3.03. The summed E-state index contributed by atoms with van der Waals surface area (Å²) in [7, 11) is 0. The standard InChI is InChI=1S/C27H41N7O6S/c28-32-18-20-7-10-29-21(17-20)26(36)31-9-4-12-39-14-16-40-15-13-38-11-3-8-30-24(35)6-2-1-5-23-25-22(19-41-23)33-27(37)34-25/h7,10,17-18,22-23,25H,1-6,8-9,11-16,19H2,(H,30,35)(H,31,36)(H2,33,34,37). The zero-order chi connectivity index (χ0) is 29.1. The highest BCUT2D eigenvalue weighted by molar-refractivity contribution is 8.00. The summed E-state index contributed by atoms with van der Waals surface area (Å²) < 4.78 is 16.5. The van der Waals surface area contributed by atoms with Crippen molar-refractivity contribution in [1.82, 2.24) is 26.3 Å². The van der Waals surface area contributed by atoms with Gasteiger partial charge in [-0.1, -0.05) is 6.42 Å². The summed E-state index contributed by atoms with van der Waals surface area (Å²) in [6, 6.07) is 3.58. The molecule has 226 valence electrons. The van der Waals surface area contributed by atoms with Crippen molar-refractivity contribution in [1.29, 1.82) is 0 Å². The Morgan fingerprint density at radius 3 is 2.46 bits per heavy atom. The molecule has 0 spiro atoms.